The molecule has 0 amide bonds. The number of hydrogen-bond acceptors (Lipinski definition) is 5. The zero-order valence-electron chi connectivity index (χ0n) is 21.1. The first kappa shape index (κ1) is 26.0. The molecule has 0 spiro atoms. The predicted octanol–water partition coefficient (Wildman–Crippen LogP) is 6.94. The summed E-state index contributed by atoms with van der Waals surface area (Å²) in [4.78, 5) is 14.4. The number of esters is 1. The average Bonchev–Trinajstić information content (AvgIpc) is 3.20. The van der Waals surface area contributed by atoms with Crippen LogP contribution in [0.5, 0.6) is 5.75 Å². The summed E-state index contributed by atoms with van der Waals surface area (Å²) in [6.07, 6.45) is 4.32. The summed E-state index contributed by atoms with van der Waals surface area (Å²) in [5.74, 6) is -0.293. The van der Waals surface area contributed by atoms with Crippen molar-refractivity contribution >= 4 is 28.6 Å². The molecule has 34 heavy (non-hydrogen) atoms. The molecule has 0 saturated heterocycles. The van der Waals surface area contributed by atoms with Gasteiger partial charge in [0, 0.05) is 10.6 Å². The fraction of sp³-hybridized carbons (Fsp3) is 0.519. The first-order valence-corrected chi connectivity index (χ1v) is 12.5. The molecular formula is C27H36ClN3O3. The van der Waals surface area contributed by atoms with E-state index in [1.807, 2.05) is 33.8 Å². The number of aromatic nitrogens is 3. The van der Waals surface area contributed by atoms with Crippen LogP contribution in [0.25, 0.3) is 16.7 Å². The lowest BCUT2D eigenvalue weighted by Crippen LogP contribution is -2.20. The van der Waals surface area contributed by atoms with Gasteiger partial charge in [-0.25, -0.2) is 0 Å². The summed E-state index contributed by atoms with van der Waals surface area (Å²) in [7, 11) is 0. The number of rotatable bonds is 9. The fourth-order valence-electron chi connectivity index (χ4n) is 3.97. The Morgan fingerprint density at radius 1 is 1.15 bits per heavy atom. The van der Waals surface area contributed by atoms with E-state index in [2.05, 4.69) is 24.0 Å². The number of carbonyl (C=O) groups excluding carboxylic acids is 1. The largest absolute Gasteiger partial charge is 0.505 e. The van der Waals surface area contributed by atoms with Crippen molar-refractivity contribution in [3.8, 4) is 11.4 Å². The number of hydrogen-bond donors (Lipinski definition) is 1. The lowest BCUT2D eigenvalue weighted by Gasteiger charge is -2.24. The highest BCUT2D eigenvalue weighted by molar-refractivity contribution is 6.31. The zero-order valence-corrected chi connectivity index (χ0v) is 21.8. The van der Waals surface area contributed by atoms with E-state index in [-0.39, 0.29) is 17.1 Å². The van der Waals surface area contributed by atoms with Crippen molar-refractivity contribution in [2.24, 2.45) is 5.92 Å². The van der Waals surface area contributed by atoms with Gasteiger partial charge in [-0.1, -0.05) is 71.5 Å². The first-order chi connectivity index (χ1) is 16.0. The van der Waals surface area contributed by atoms with E-state index >= 15 is 0 Å². The molecule has 1 N–H and O–H groups in total. The monoisotopic (exact) mass is 485 g/mol. The normalized spacial score (nSPS) is 13.7. The Kier molecular flexibility index (Phi) is 8.24. The van der Waals surface area contributed by atoms with E-state index in [9.17, 15) is 9.90 Å². The highest BCUT2D eigenvalue weighted by Gasteiger charge is 2.27. The van der Waals surface area contributed by atoms with Crippen LogP contribution in [0, 0.1) is 5.92 Å². The number of phenols is 1. The molecule has 3 rings (SSSR count). The Bertz CT molecular complexity index is 1150. The maximum absolute atomic E-state index is 13.0. The maximum Gasteiger partial charge on any atom is 0.313 e. The van der Waals surface area contributed by atoms with Crippen LogP contribution < -0.4 is 0 Å². The van der Waals surface area contributed by atoms with Gasteiger partial charge >= 0.3 is 5.97 Å². The summed E-state index contributed by atoms with van der Waals surface area (Å²) < 4.78 is 5.72. The van der Waals surface area contributed by atoms with Gasteiger partial charge in [-0.15, -0.1) is 15.0 Å². The summed E-state index contributed by atoms with van der Waals surface area (Å²) in [6, 6.07) is 8.93. The Hall–Kier alpha value is -2.60. The van der Waals surface area contributed by atoms with Crippen LogP contribution in [0.3, 0.4) is 0 Å². The Labute approximate surface area is 207 Å². The summed E-state index contributed by atoms with van der Waals surface area (Å²) in [5, 5.41) is 20.8. The van der Waals surface area contributed by atoms with Gasteiger partial charge < -0.3 is 9.84 Å². The third-order valence-corrected chi connectivity index (χ3v) is 6.57. The molecule has 0 aliphatic heterocycles. The summed E-state index contributed by atoms with van der Waals surface area (Å²) in [5.41, 5.74) is 2.82. The molecule has 7 heteroatoms. The molecule has 2 aromatic carbocycles. The molecule has 2 unspecified atom stereocenters. The first-order valence-electron chi connectivity index (χ1n) is 12.1. The Balaban J connectivity index is 1.96. The number of phenolic OH excluding ortho intramolecular Hbond substituents is 1. The third-order valence-electron chi connectivity index (χ3n) is 6.34. The predicted molar refractivity (Wildman–Crippen MR) is 137 cm³/mol. The molecule has 2 atom stereocenters. The number of unbranched alkanes of at least 4 members (excludes halogenated alkanes) is 1. The van der Waals surface area contributed by atoms with Crippen molar-refractivity contribution in [1.82, 2.24) is 15.0 Å². The molecule has 0 aliphatic rings. The van der Waals surface area contributed by atoms with E-state index in [4.69, 9.17) is 16.3 Å². The number of benzene rings is 2. The fourth-order valence-corrected chi connectivity index (χ4v) is 4.14. The molecule has 0 saturated carbocycles. The summed E-state index contributed by atoms with van der Waals surface area (Å²) in [6.45, 7) is 12.6. The molecule has 6 nitrogen and oxygen atoms in total. The van der Waals surface area contributed by atoms with Crippen LogP contribution in [0.4, 0.5) is 0 Å². The number of nitrogens with zero attached hydrogens (tertiary/aromatic N) is 3. The topological polar surface area (TPSA) is 77.2 Å². The minimum absolute atomic E-state index is 0.0915. The number of aromatic hydroxyl groups is 1. The van der Waals surface area contributed by atoms with Crippen LogP contribution in [0.1, 0.15) is 84.3 Å². The second kappa shape index (κ2) is 10.8. The van der Waals surface area contributed by atoms with Crippen molar-refractivity contribution in [2.75, 3.05) is 6.61 Å². The van der Waals surface area contributed by atoms with Gasteiger partial charge in [0.05, 0.1) is 12.5 Å². The molecule has 0 aliphatic carbocycles. The number of ether oxygens (including phenoxy) is 1. The van der Waals surface area contributed by atoms with Gasteiger partial charge in [0.15, 0.2) is 0 Å². The van der Waals surface area contributed by atoms with Crippen LogP contribution >= 0.6 is 11.6 Å². The second-order valence-corrected chi connectivity index (χ2v) is 10.5. The van der Waals surface area contributed by atoms with Gasteiger partial charge in [-0.05, 0) is 54.5 Å². The van der Waals surface area contributed by atoms with E-state index in [1.54, 1.807) is 24.3 Å². The molecule has 1 heterocycles. The SMILES string of the molecule is CCCCC(CC)COC(=O)C(C)c1cc(-n2nc3ccc(Cl)cc3n2)c(O)c(C(C)(C)C)c1. The van der Waals surface area contributed by atoms with E-state index in [0.717, 1.165) is 31.2 Å². The maximum atomic E-state index is 13.0. The Morgan fingerprint density at radius 3 is 2.50 bits per heavy atom. The van der Waals surface area contributed by atoms with Crippen LogP contribution in [0.15, 0.2) is 30.3 Å². The van der Waals surface area contributed by atoms with E-state index in [0.29, 0.717) is 39.8 Å². The van der Waals surface area contributed by atoms with Gasteiger partial charge in [-0.3, -0.25) is 4.79 Å². The standard InChI is InChI=1S/C27H36ClN3O3/c1-7-9-10-18(8-2)16-34-26(33)17(3)19-13-21(27(4,5)6)25(32)24(14-19)31-29-22-12-11-20(28)15-23(22)30-31/h11-15,17-18,32H,7-10,16H2,1-6H3. The van der Waals surface area contributed by atoms with Gasteiger partial charge in [0.2, 0.25) is 0 Å². The summed E-state index contributed by atoms with van der Waals surface area (Å²) >= 11 is 6.10. The lowest BCUT2D eigenvalue weighted by atomic mass is 9.83. The van der Waals surface area contributed by atoms with E-state index < -0.39 is 5.92 Å². The zero-order chi connectivity index (χ0) is 25.0. The van der Waals surface area contributed by atoms with Crippen LogP contribution in [-0.4, -0.2) is 32.7 Å². The average molecular weight is 486 g/mol. The van der Waals surface area contributed by atoms with Crippen LogP contribution in [-0.2, 0) is 14.9 Å². The quantitative estimate of drug-likeness (QED) is 0.332. The van der Waals surface area contributed by atoms with Gasteiger partial charge in [-0.2, -0.15) is 0 Å². The second-order valence-electron chi connectivity index (χ2n) is 10.1. The molecule has 0 fully saturated rings. The van der Waals surface area contributed by atoms with Gasteiger partial charge in [0.1, 0.15) is 22.5 Å². The molecule has 1 aromatic heterocycles. The minimum Gasteiger partial charge on any atom is -0.505 e. The lowest BCUT2D eigenvalue weighted by molar-refractivity contribution is -0.146. The van der Waals surface area contributed by atoms with Crippen molar-refractivity contribution in [2.45, 2.75) is 78.6 Å². The highest BCUT2D eigenvalue weighted by atomic mass is 35.5. The van der Waals surface area contributed by atoms with Crippen LogP contribution in [0.2, 0.25) is 5.02 Å². The smallest absolute Gasteiger partial charge is 0.313 e. The van der Waals surface area contributed by atoms with Gasteiger partial charge in [0.25, 0.3) is 0 Å². The minimum atomic E-state index is -0.497. The molecule has 3 aromatic rings. The van der Waals surface area contributed by atoms with Crippen molar-refractivity contribution < 1.29 is 14.6 Å². The molecule has 184 valence electrons. The third kappa shape index (κ3) is 5.90. The van der Waals surface area contributed by atoms with Crippen molar-refractivity contribution in [1.29, 1.82) is 0 Å². The van der Waals surface area contributed by atoms with Crippen molar-refractivity contribution in [3.05, 3.63) is 46.5 Å². The molecule has 0 radical (unpaired) electrons. The Morgan fingerprint density at radius 2 is 1.85 bits per heavy atom. The number of carbonyl (C=O) groups is 1. The van der Waals surface area contributed by atoms with Crippen molar-refractivity contribution in [3.63, 3.8) is 0 Å². The molecule has 0 bridgehead atoms. The molecular weight excluding hydrogens is 450 g/mol. The number of fused-ring (bicyclic) bond motifs is 1. The highest BCUT2D eigenvalue weighted by Crippen LogP contribution is 2.38. The van der Waals surface area contributed by atoms with E-state index in [1.165, 1.54) is 4.80 Å². The number of halogens is 1.